The number of aromatic nitrogens is 2. The van der Waals surface area contributed by atoms with Crippen LogP contribution in [-0.4, -0.2) is 46.1 Å². The van der Waals surface area contributed by atoms with Gasteiger partial charge < -0.3 is 19.4 Å². The lowest BCUT2D eigenvalue weighted by atomic mass is 9.94. The number of aryl methyl sites for hydroxylation is 1. The van der Waals surface area contributed by atoms with Gasteiger partial charge in [0, 0.05) is 24.6 Å². The summed E-state index contributed by atoms with van der Waals surface area (Å²) < 4.78 is 5.52. The summed E-state index contributed by atoms with van der Waals surface area (Å²) in [5.41, 5.74) is 1.92. The summed E-state index contributed by atoms with van der Waals surface area (Å²) in [5.74, 6) is 2.34. The molecule has 1 aromatic heterocycles. The molecule has 1 aliphatic heterocycles. The highest BCUT2D eigenvalue weighted by molar-refractivity contribution is 7.45. The fourth-order valence-corrected chi connectivity index (χ4v) is 4.03. The molecular weight excluding hydrogens is 325 g/mol. The van der Waals surface area contributed by atoms with Gasteiger partial charge in [-0.05, 0) is 43.7 Å². The van der Waals surface area contributed by atoms with Gasteiger partial charge in [0.05, 0.1) is 7.11 Å². The smallest absolute Gasteiger partial charge is 0.164 e. The lowest BCUT2D eigenvalue weighted by Crippen LogP contribution is -2.34. The van der Waals surface area contributed by atoms with Gasteiger partial charge in [-0.2, -0.15) is 0 Å². The molecule has 6 nitrogen and oxygen atoms in total. The van der Waals surface area contributed by atoms with Gasteiger partial charge in [0.15, 0.2) is 8.38 Å². The first-order valence-corrected chi connectivity index (χ1v) is 9.72. The predicted octanol–water partition coefficient (Wildman–Crippen LogP) is 2.85. The maximum Gasteiger partial charge on any atom is 0.164 e. The Hall–Kier alpha value is -1.49. The summed E-state index contributed by atoms with van der Waals surface area (Å²) in [7, 11) is -0.0879. The lowest BCUT2D eigenvalue weighted by Gasteiger charge is -2.33. The van der Waals surface area contributed by atoms with Crippen LogP contribution in [0, 0.1) is 12.8 Å². The second-order valence-electron chi connectivity index (χ2n) is 6.32. The Morgan fingerprint density at radius 3 is 2.67 bits per heavy atom. The highest BCUT2D eigenvalue weighted by Gasteiger charge is 2.23. The molecule has 1 saturated heterocycles. The third-order valence-electron chi connectivity index (χ3n) is 4.79. The fraction of sp³-hybridized carbons (Fsp3) is 0.529. The van der Waals surface area contributed by atoms with E-state index in [2.05, 4.69) is 20.9 Å². The molecule has 2 heterocycles. The van der Waals surface area contributed by atoms with Crippen LogP contribution in [0.5, 0.6) is 5.75 Å². The number of ether oxygens (including phenoxy) is 1. The van der Waals surface area contributed by atoms with Crippen LogP contribution in [0.4, 0.5) is 5.82 Å². The highest BCUT2D eigenvalue weighted by Crippen LogP contribution is 2.35. The largest absolute Gasteiger partial charge is 0.494 e. The summed E-state index contributed by atoms with van der Waals surface area (Å²) in [5, 5.41) is 1.02. The Bertz CT molecular complexity index is 703. The molecular formula is C17H24N3O3P. The Labute approximate surface area is 143 Å². The van der Waals surface area contributed by atoms with Crippen LogP contribution in [0.2, 0.25) is 0 Å². The molecule has 1 aliphatic rings. The quantitative estimate of drug-likeness (QED) is 0.808. The average molecular weight is 349 g/mol. The van der Waals surface area contributed by atoms with Crippen molar-refractivity contribution in [3.05, 3.63) is 24.0 Å². The molecule has 24 heavy (non-hydrogen) atoms. The molecule has 0 aliphatic carbocycles. The van der Waals surface area contributed by atoms with E-state index >= 15 is 0 Å². The number of methoxy groups -OCH3 is 1. The van der Waals surface area contributed by atoms with Crippen molar-refractivity contribution in [3.63, 3.8) is 0 Å². The summed E-state index contributed by atoms with van der Waals surface area (Å²) in [6, 6.07) is 4.12. The Morgan fingerprint density at radius 2 is 2.00 bits per heavy atom. The van der Waals surface area contributed by atoms with E-state index in [-0.39, 0.29) is 0 Å². The number of hydrogen-bond donors (Lipinski definition) is 2. The zero-order valence-electron chi connectivity index (χ0n) is 14.1. The molecule has 2 aromatic rings. The van der Waals surface area contributed by atoms with Crippen LogP contribution in [0.25, 0.3) is 10.9 Å². The van der Waals surface area contributed by atoms with Crippen molar-refractivity contribution in [2.45, 2.75) is 26.2 Å². The van der Waals surface area contributed by atoms with Crippen LogP contribution in [0.15, 0.2) is 18.5 Å². The molecule has 1 fully saturated rings. The maximum atomic E-state index is 9.08. The van der Waals surface area contributed by atoms with Crippen LogP contribution >= 0.6 is 8.38 Å². The predicted molar refractivity (Wildman–Crippen MR) is 96.6 cm³/mol. The molecule has 0 amide bonds. The van der Waals surface area contributed by atoms with Gasteiger partial charge in [-0.3, -0.25) is 0 Å². The van der Waals surface area contributed by atoms with E-state index in [1.807, 2.05) is 13.0 Å². The van der Waals surface area contributed by atoms with Crippen molar-refractivity contribution in [2.75, 3.05) is 31.3 Å². The van der Waals surface area contributed by atoms with Crippen molar-refractivity contribution in [3.8, 4) is 5.75 Å². The fourth-order valence-electron chi connectivity index (χ4n) is 3.43. The van der Waals surface area contributed by atoms with E-state index in [1.165, 1.54) is 0 Å². The van der Waals surface area contributed by atoms with Crippen molar-refractivity contribution >= 4 is 25.1 Å². The molecule has 130 valence electrons. The third-order valence-corrected chi connectivity index (χ3v) is 5.45. The summed E-state index contributed by atoms with van der Waals surface area (Å²) in [6.07, 6.45) is 5.13. The molecule has 0 spiro atoms. The zero-order chi connectivity index (χ0) is 17.1. The molecule has 0 atom stereocenters. The number of fused-ring (bicyclic) bond motifs is 1. The first kappa shape index (κ1) is 17.3. The molecule has 3 rings (SSSR count). The van der Waals surface area contributed by atoms with E-state index in [4.69, 9.17) is 14.5 Å². The van der Waals surface area contributed by atoms with E-state index in [1.54, 1.807) is 13.4 Å². The minimum Gasteiger partial charge on any atom is -0.494 e. The van der Waals surface area contributed by atoms with Gasteiger partial charge in [0.2, 0.25) is 0 Å². The van der Waals surface area contributed by atoms with Gasteiger partial charge in [0.1, 0.15) is 23.4 Å². The third kappa shape index (κ3) is 3.61. The minimum absolute atomic E-state index is 0.521. The average Bonchev–Trinajstić information content (AvgIpc) is 2.60. The Balaban J connectivity index is 1.79. The molecule has 0 radical (unpaired) electrons. The van der Waals surface area contributed by atoms with Crippen molar-refractivity contribution in [1.82, 2.24) is 9.97 Å². The minimum atomic E-state index is -1.76. The van der Waals surface area contributed by atoms with Gasteiger partial charge in [0.25, 0.3) is 0 Å². The number of piperidine rings is 1. The van der Waals surface area contributed by atoms with Crippen LogP contribution in [-0.2, 0) is 0 Å². The molecule has 2 N–H and O–H groups in total. The monoisotopic (exact) mass is 349 g/mol. The normalized spacial score (nSPS) is 16.1. The topological polar surface area (TPSA) is 78.7 Å². The van der Waals surface area contributed by atoms with Gasteiger partial charge >= 0.3 is 0 Å². The summed E-state index contributed by atoms with van der Waals surface area (Å²) in [4.78, 5) is 29.4. The first-order chi connectivity index (χ1) is 11.6. The number of anilines is 1. The summed E-state index contributed by atoms with van der Waals surface area (Å²) in [6.45, 7) is 3.88. The van der Waals surface area contributed by atoms with Crippen LogP contribution < -0.4 is 9.64 Å². The van der Waals surface area contributed by atoms with Crippen molar-refractivity contribution in [1.29, 1.82) is 0 Å². The highest BCUT2D eigenvalue weighted by atomic mass is 31.2. The summed E-state index contributed by atoms with van der Waals surface area (Å²) >= 11 is 0. The lowest BCUT2D eigenvalue weighted by molar-refractivity contribution is 0.386. The number of benzene rings is 1. The second-order valence-corrected chi connectivity index (χ2v) is 7.52. The van der Waals surface area contributed by atoms with Gasteiger partial charge in [-0.1, -0.05) is 6.07 Å². The van der Waals surface area contributed by atoms with Gasteiger partial charge in [-0.15, -0.1) is 0 Å². The van der Waals surface area contributed by atoms with Crippen molar-refractivity contribution in [2.24, 2.45) is 5.92 Å². The Kier molecular flexibility index (Phi) is 5.49. The van der Waals surface area contributed by atoms with E-state index < -0.39 is 8.38 Å². The van der Waals surface area contributed by atoms with E-state index in [0.29, 0.717) is 12.1 Å². The van der Waals surface area contributed by atoms with Crippen LogP contribution in [0.3, 0.4) is 0 Å². The molecule has 0 unspecified atom stereocenters. The number of hydrogen-bond acceptors (Lipinski definition) is 6. The van der Waals surface area contributed by atoms with E-state index in [9.17, 15) is 0 Å². The van der Waals surface area contributed by atoms with E-state index in [0.717, 1.165) is 60.4 Å². The standard InChI is InChI=1S/C17H24N3O3P/c1-12-3-4-14-15(16(12)23-2)18-11-19-17(14)20-8-5-13(6-9-20)7-10-24(21)22/h3-4,11,13,21-22H,5-10H2,1-2H3. The SMILES string of the molecule is COc1c(C)ccc2c(N3CCC(CCP(O)O)CC3)ncnc12. The second kappa shape index (κ2) is 7.60. The molecule has 7 heteroatoms. The van der Waals surface area contributed by atoms with Crippen LogP contribution in [0.1, 0.15) is 24.8 Å². The van der Waals surface area contributed by atoms with Crippen molar-refractivity contribution < 1.29 is 14.5 Å². The zero-order valence-corrected chi connectivity index (χ0v) is 15.0. The van der Waals surface area contributed by atoms with Gasteiger partial charge in [-0.25, -0.2) is 9.97 Å². The molecule has 0 bridgehead atoms. The molecule has 0 saturated carbocycles. The first-order valence-electron chi connectivity index (χ1n) is 8.28. The number of rotatable bonds is 5. The number of nitrogens with zero attached hydrogens (tertiary/aromatic N) is 3. The molecule has 1 aromatic carbocycles. The maximum absolute atomic E-state index is 9.08. The Morgan fingerprint density at radius 1 is 1.25 bits per heavy atom.